The molecular formula is C24H18Cl2N4O5. The maximum atomic E-state index is 12.8. The molecule has 0 aliphatic carbocycles. The van der Waals surface area contributed by atoms with E-state index in [-0.39, 0.29) is 32.7 Å². The van der Waals surface area contributed by atoms with Crippen molar-refractivity contribution >= 4 is 64.3 Å². The maximum absolute atomic E-state index is 12.8. The lowest BCUT2D eigenvalue weighted by Gasteiger charge is -2.08. The number of aromatic nitrogens is 1. The van der Waals surface area contributed by atoms with Gasteiger partial charge >= 0.3 is 12.0 Å². The zero-order chi connectivity index (χ0) is 25.4. The van der Waals surface area contributed by atoms with Gasteiger partial charge in [0.2, 0.25) is 5.78 Å². The first-order valence-corrected chi connectivity index (χ1v) is 11.0. The number of imide groups is 1. The summed E-state index contributed by atoms with van der Waals surface area (Å²) in [7, 11) is 0. The monoisotopic (exact) mass is 512 g/mol. The molecule has 5 N–H and O–H groups in total. The largest absolute Gasteiger partial charge is 0.478 e. The van der Waals surface area contributed by atoms with Crippen LogP contribution in [0, 0.1) is 13.8 Å². The summed E-state index contributed by atoms with van der Waals surface area (Å²) in [6.07, 6.45) is 1.55. The second-order valence-corrected chi connectivity index (χ2v) is 8.59. The van der Waals surface area contributed by atoms with Gasteiger partial charge in [-0.25, -0.2) is 9.59 Å². The summed E-state index contributed by atoms with van der Waals surface area (Å²) < 4.78 is 0. The van der Waals surface area contributed by atoms with E-state index in [2.05, 4.69) is 20.9 Å². The third-order valence-electron chi connectivity index (χ3n) is 5.42. The molecule has 2 aromatic carbocycles. The highest BCUT2D eigenvalue weighted by Gasteiger charge is 2.26. The maximum Gasteiger partial charge on any atom is 0.337 e. The zero-order valence-corrected chi connectivity index (χ0v) is 19.9. The van der Waals surface area contributed by atoms with E-state index in [0.717, 1.165) is 0 Å². The van der Waals surface area contributed by atoms with Crippen molar-refractivity contribution in [2.24, 2.45) is 0 Å². The summed E-state index contributed by atoms with van der Waals surface area (Å²) in [5, 5.41) is 17.5. The Morgan fingerprint density at radius 2 is 1.77 bits per heavy atom. The Balaban J connectivity index is 1.48. The van der Waals surface area contributed by atoms with Crippen molar-refractivity contribution in [3.63, 3.8) is 0 Å². The Labute approximate surface area is 209 Å². The van der Waals surface area contributed by atoms with Gasteiger partial charge in [0.1, 0.15) is 0 Å². The first-order chi connectivity index (χ1) is 16.5. The van der Waals surface area contributed by atoms with E-state index in [4.69, 9.17) is 23.2 Å². The molecule has 0 radical (unpaired) electrons. The van der Waals surface area contributed by atoms with Crippen LogP contribution in [-0.4, -0.2) is 33.8 Å². The van der Waals surface area contributed by atoms with Crippen LogP contribution in [0.5, 0.6) is 0 Å². The first-order valence-electron chi connectivity index (χ1n) is 10.2. The molecule has 1 aliphatic rings. The highest BCUT2D eigenvalue weighted by molar-refractivity contribution is 6.42. The molecular weight excluding hydrogens is 495 g/mol. The van der Waals surface area contributed by atoms with Gasteiger partial charge in [0.15, 0.2) is 0 Å². The summed E-state index contributed by atoms with van der Waals surface area (Å²) in [4.78, 5) is 51.8. The van der Waals surface area contributed by atoms with E-state index >= 15 is 0 Å². The number of Topliss-reactive ketones (excluding diaryl/α,β-unsaturated/α-hetero) is 1. The minimum Gasteiger partial charge on any atom is -0.478 e. The molecule has 0 bridgehead atoms. The second-order valence-electron chi connectivity index (χ2n) is 7.78. The van der Waals surface area contributed by atoms with Crippen molar-refractivity contribution in [2.45, 2.75) is 13.8 Å². The van der Waals surface area contributed by atoms with Gasteiger partial charge in [-0.05, 0) is 61.9 Å². The van der Waals surface area contributed by atoms with Crippen LogP contribution in [0.25, 0.3) is 6.08 Å². The number of aromatic amines is 1. The number of aryl methyl sites for hydroxylation is 1. The van der Waals surface area contributed by atoms with Gasteiger partial charge in [0.05, 0.1) is 27.0 Å². The molecule has 0 spiro atoms. The van der Waals surface area contributed by atoms with E-state index in [1.165, 1.54) is 30.3 Å². The van der Waals surface area contributed by atoms with Crippen LogP contribution in [0.3, 0.4) is 0 Å². The smallest absolute Gasteiger partial charge is 0.337 e. The number of hydrogen-bond donors (Lipinski definition) is 5. The van der Waals surface area contributed by atoms with Gasteiger partial charge < -0.3 is 20.7 Å². The number of fused-ring (bicyclic) bond motifs is 1. The van der Waals surface area contributed by atoms with E-state index in [1.807, 2.05) is 0 Å². The Hall–Kier alpha value is -4.08. The molecule has 0 saturated carbocycles. The number of carbonyl (C=O) groups excluding carboxylic acids is 3. The van der Waals surface area contributed by atoms with Crippen LogP contribution < -0.4 is 16.0 Å². The molecule has 3 aromatic rings. The highest BCUT2D eigenvalue weighted by atomic mass is 35.5. The molecule has 4 rings (SSSR count). The van der Waals surface area contributed by atoms with Crippen LogP contribution in [-0.2, 0) is 0 Å². The third-order valence-corrected chi connectivity index (χ3v) is 6.16. The number of aromatic carboxylic acids is 1. The first kappa shape index (κ1) is 24.1. The number of nitrogens with one attached hydrogen (secondary N) is 4. The lowest BCUT2D eigenvalue weighted by atomic mass is 10.1. The van der Waals surface area contributed by atoms with E-state index in [9.17, 15) is 24.3 Å². The van der Waals surface area contributed by atoms with Crippen molar-refractivity contribution in [3.8, 4) is 0 Å². The number of carboxylic acid groups (broad SMARTS) is 1. The Morgan fingerprint density at radius 3 is 2.43 bits per heavy atom. The molecule has 0 fully saturated rings. The van der Waals surface area contributed by atoms with Gasteiger partial charge in [-0.2, -0.15) is 0 Å². The SMILES string of the molecule is Cc1[nH]c(/C=C2\Nc3cc(NC(=O)NC(=O)c4ccc(Cl)c(Cl)c4)ccc3C2=O)c(C)c1C(=O)O. The number of H-pyrrole nitrogens is 1. The van der Waals surface area contributed by atoms with Crippen molar-refractivity contribution in [1.29, 1.82) is 0 Å². The van der Waals surface area contributed by atoms with E-state index < -0.39 is 17.9 Å². The molecule has 3 amide bonds. The van der Waals surface area contributed by atoms with Crippen LogP contribution in [0.15, 0.2) is 42.1 Å². The molecule has 0 saturated heterocycles. The van der Waals surface area contributed by atoms with Gasteiger partial charge in [-0.15, -0.1) is 0 Å². The summed E-state index contributed by atoms with van der Waals surface area (Å²) in [6.45, 7) is 3.30. The Morgan fingerprint density at radius 1 is 1.03 bits per heavy atom. The fraction of sp³-hybridized carbons (Fsp3) is 0.0833. The second kappa shape index (κ2) is 9.28. The van der Waals surface area contributed by atoms with Crippen molar-refractivity contribution in [2.75, 3.05) is 10.6 Å². The Bertz CT molecular complexity index is 1460. The van der Waals surface area contributed by atoms with Gasteiger partial charge in [0.25, 0.3) is 5.91 Å². The average Bonchev–Trinajstić information content (AvgIpc) is 3.24. The molecule has 0 unspecified atom stereocenters. The minimum atomic E-state index is -1.05. The number of anilines is 2. The predicted octanol–water partition coefficient (Wildman–Crippen LogP) is 5.25. The van der Waals surface area contributed by atoms with E-state index in [1.54, 1.807) is 26.0 Å². The van der Waals surface area contributed by atoms with Gasteiger partial charge in [0, 0.05) is 28.2 Å². The number of ketones is 1. The minimum absolute atomic E-state index is 0.159. The fourth-order valence-electron chi connectivity index (χ4n) is 3.73. The van der Waals surface area contributed by atoms with Crippen LogP contribution in [0.1, 0.15) is 48.0 Å². The summed E-state index contributed by atoms with van der Waals surface area (Å²) in [5.74, 6) is -2.01. The summed E-state index contributed by atoms with van der Waals surface area (Å²) in [5.41, 5.74) is 3.24. The molecule has 1 aromatic heterocycles. The van der Waals surface area contributed by atoms with Crippen LogP contribution in [0.2, 0.25) is 10.0 Å². The van der Waals surface area contributed by atoms with Crippen LogP contribution >= 0.6 is 23.2 Å². The Kier molecular flexibility index (Phi) is 6.38. The number of rotatable bonds is 4. The van der Waals surface area contributed by atoms with Crippen molar-refractivity contribution in [1.82, 2.24) is 10.3 Å². The number of carboxylic acids is 1. The topological polar surface area (TPSA) is 140 Å². The van der Waals surface area contributed by atoms with Crippen molar-refractivity contribution in [3.05, 3.63) is 85.8 Å². The lowest BCUT2D eigenvalue weighted by Crippen LogP contribution is -2.34. The molecule has 35 heavy (non-hydrogen) atoms. The number of halogens is 2. The highest BCUT2D eigenvalue weighted by Crippen LogP contribution is 2.32. The molecule has 1 aliphatic heterocycles. The number of hydrogen-bond acceptors (Lipinski definition) is 5. The van der Waals surface area contributed by atoms with E-state index in [0.29, 0.717) is 33.9 Å². The molecule has 9 nitrogen and oxygen atoms in total. The number of urea groups is 1. The normalized spacial score (nSPS) is 13.4. The fourth-order valence-corrected chi connectivity index (χ4v) is 4.03. The zero-order valence-electron chi connectivity index (χ0n) is 18.4. The number of benzene rings is 2. The summed E-state index contributed by atoms with van der Waals surface area (Å²) in [6, 6.07) is 8.06. The number of allylic oxidation sites excluding steroid dienone is 1. The standard InChI is InChI=1S/C24H18Cl2N4O5/c1-10-17(27-11(2)20(10)23(33)34)9-19-21(31)14-5-4-13(8-18(14)29-19)28-24(35)30-22(32)12-3-6-15(25)16(26)7-12/h3-9,27,29H,1-2H3,(H,33,34)(H2,28,30,32,35)/b19-9-. The molecule has 2 heterocycles. The molecule has 0 atom stereocenters. The van der Waals surface area contributed by atoms with Crippen molar-refractivity contribution < 1.29 is 24.3 Å². The predicted molar refractivity (Wildman–Crippen MR) is 133 cm³/mol. The molecule has 11 heteroatoms. The van der Waals surface area contributed by atoms with Crippen LogP contribution in [0.4, 0.5) is 16.2 Å². The molecule has 178 valence electrons. The lowest BCUT2D eigenvalue weighted by molar-refractivity contribution is 0.0695. The van der Waals surface area contributed by atoms with Gasteiger partial charge in [-0.3, -0.25) is 14.9 Å². The summed E-state index contributed by atoms with van der Waals surface area (Å²) >= 11 is 11.7. The van der Waals surface area contributed by atoms with Gasteiger partial charge in [-0.1, -0.05) is 23.2 Å². The average molecular weight is 513 g/mol. The number of amides is 3. The third kappa shape index (κ3) is 4.77. The number of carbonyl (C=O) groups is 4. The quantitative estimate of drug-likeness (QED) is 0.302.